The van der Waals surface area contributed by atoms with E-state index in [0.717, 1.165) is 16.8 Å². The molecule has 0 saturated carbocycles. The third kappa shape index (κ3) is 3.38. The van der Waals surface area contributed by atoms with E-state index in [2.05, 4.69) is 5.32 Å². The fourth-order valence-corrected chi connectivity index (χ4v) is 4.28. The number of hydrogen-bond acceptors (Lipinski definition) is 6. The van der Waals surface area contributed by atoms with Crippen LogP contribution >= 0.6 is 0 Å². The molecule has 0 bridgehead atoms. The van der Waals surface area contributed by atoms with Gasteiger partial charge in [0, 0.05) is 28.3 Å². The van der Waals surface area contributed by atoms with Gasteiger partial charge in [0.1, 0.15) is 0 Å². The minimum absolute atomic E-state index is 0.0924. The molecule has 1 atom stereocenters. The van der Waals surface area contributed by atoms with Gasteiger partial charge in [-0.15, -0.1) is 0 Å². The smallest absolute Gasteiger partial charge is 0.336 e. The van der Waals surface area contributed by atoms with E-state index >= 15 is 0 Å². The van der Waals surface area contributed by atoms with Gasteiger partial charge in [-0.05, 0) is 38.5 Å². The number of dihydropyridines is 1. The number of ether oxygens (including phenoxy) is 3. The number of allylic oxidation sites excluding steroid dienone is 2. The van der Waals surface area contributed by atoms with Crippen molar-refractivity contribution in [1.29, 1.82) is 0 Å². The fourth-order valence-electron chi connectivity index (χ4n) is 4.28. The molecule has 0 unspecified atom stereocenters. The number of benzene rings is 2. The summed E-state index contributed by atoms with van der Waals surface area (Å²) in [5.74, 6) is 0.0332. The van der Waals surface area contributed by atoms with Crippen LogP contribution in [0.5, 0.6) is 11.5 Å². The molecule has 1 heterocycles. The third-order valence-corrected chi connectivity index (χ3v) is 5.57. The lowest BCUT2D eigenvalue weighted by molar-refractivity contribution is -0.138. The Balaban J connectivity index is 1.91. The van der Waals surface area contributed by atoms with Crippen LogP contribution in [0.2, 0.25) is 0 Å². The second kappa shape index (κ2) is 8.30. The molecule has 1 aliphatic heterocycles. The van der Waals surface area contributed by atoms with Gasteiger partial charge >= 0.3 is 5.97 Å². The largest absolute Gasteiger partial charge is 0.493 e. The van der Waals surface area contributed by atoms with Crippen LogP contribution in [0.4, 0.5) is 0 Å². The number of esters is 1. The molecule has 0 spiro atoms. The van der Waals surface area contributed by atoms with Crippen molar-refractivity contribution < 1.29 is 23.8 Å². The maximum atomic E-state index is 13.4. The quantitative estimate of drug-likeness (QED) is 0.707. The molecule has 2 aromatic rings. The number of Topliss-reactive ketones (excluding diaryl/α,β-unsaturated/α-hetero) is 1. The van der Waals surface area contributed by atoms with Gasteiger partial charge in [-0.2, -0.15) is 0 Å². The lowest BCUT2D eigenvalue weighted by atomic mass is 9.79. The summed E-state index contributed by atoms with van der Waals surface area (Å²) in [4.78, 5) is 26.4. The van der Waals surface area contributed by atoms with Crippen LogP contribution in [-0.2, 0) is 9.53 Å². The number of carbonyl (C=O) groups is 2. The van der Waals surface area contributed by atoms with Crippen molar-refractivity contribution >= 4 is 17.4 Å². The zero-order valence-corrected chi connectivity index (χ0v) is 18.1. The van der Waals surface area contributed by atoms with Gasteiger partial charge in [0.2, 0.25) is 0 Å². The van der Waals surface area contributed by atoms with E-state index < -0.39 is 11.9 Å². The Bertz CT molecular complexity index is 1130. The molecule has 31 heavy (non-hydrogen) atoms. The Morgan fingerprint density at radius 2 is 1.77 bits per heavy atom. The number of carbonyl (C=O) groups excluding carboxylic acids is 2. The molecule has 6 nitrogen and oxygen atoms in total. The van der Waals surface area contributed by atoms with Crippen LogP contribution in [0, 0.1) is 0 Å². The molecule has 2 aromatic carbocycles. The Hall–Kier alpha value is -3.54. The topological polar surface area (TPSA) is 73.9 Å². The van der Waals surface area contributed by atoms with E-state index in [1.54, 1.807) is 14.0 Å². The van der Waals surface area contributed by atoms with Crippen LogP contribution in [0.15, 0.2) is 59.3 Å². The second-order valence-electron chi connectivity index (χ2n) is 7.32. The van der Waals surface area contributed by atoms with Crippen LogP contribution < -0.4 is 14.8 Å². The minimum Gasteiger partial charge on any atom is -0.493 e. The predicted octanol–water partition coefficient (Wildman–Crippen LogP) is 4.23. The van der Waals surface area contributed by atoms with Crippen molar-refractivity contribution in [2.75, 3.05) is 20.3 Å². The van der Waals surface area contributed by atoms with Crippen LogP contribution in [-0.4, -0.2) is 32.1 Å². The lowest BCUT2D eigenvalue weighted by Gasteiger charge is -2.29. The highest BCUT2D eigenvalue weighted by molar-refractivity contribution is 6.23. The summed E-state index contributed by atoms with van der Waals surface area (Å²) in [6, 6.07) is 13.0. The van der Waals surface area contributed by atoms with Gasteiger partial charge in [0.25, 0.3) is 0 Å². The summed E-state index contributed by atoms with van der Waals surface area (Å²) in [7, 11) is 1.57. The fraction of sp³-hybridized carbons (Fsp3) is 0.280. The maximum absolute atomic E-state index is 13.4. The van der Waals surface area contributed by atoms with Gasteiger partial charge in [0.15, 0.2) is 17.3 Å². The van der Waals surface area contributed by atoms with E-state index in [1.807, 2.05) is 56.3 Å². The summed E-state index contributed by atoms with van der Waals surface area (Å²) < 4.78 is 16.5. The highest BCUT2D eigenvalue weighted by atomic mass is 16.5. The lowest BCUT2D eigenvalue weighted by Crippen LogP contribution is -2.29. The van der Waals surface area contributed by atoms with E-state index in [9.17, 15) is 9.59 Å². The first-order valence-corrected chi connectivity index (χ1v) is 10.4. The van der Waals surface area contributed by atoms with Crippen molar-refractivity contribution in [1.82, 2.24) is 5.32 Å². The first-order chi connectivity index (χ1) is 15.0. The average Bonchev–Trinajstić information content (AvgIpc) is 3.05. The Kier molecular flexibility index (Phi) is 5.55. The summed E-state index contributed by atoms with van der Waals surface area (Å²) in [6.07, 6.45) is 0. The average molecular weight is 419 g/mol. The molecule has 0 saturated heterocycles. The number of fused-ring (bicyclic) bond motifs is 2. The maximum Gasteiger partial charge on any atom is 0.336 e. The van der Waals surface area contributed by atoms with E-state index in [0.29, 0.717) is 40.5 Å². The molecule has 1 N–H and O–H groups in total. The van der Waals surface area contributed by atoms with Crippen molar-refractivity contribution in [3.8, 4) is 11.5 Å². The van der Waals surface area contributed by atoms with Crippen LogP contribution in [0.3, 0.4) is 0 Å². The molecule has 2 aliphatic rings. The molecule has 160 valence electrons. The Morgan fingerprint density at radius 1 is 1.03 bits per heavy atom. The Labute approximate surface area is 181 Å². The minimum atomic E-state index is -0.584. The highest BCUT2D eigenvalue weighted by Crippen LogP contribution is 2.47. The molecule has 4 rings (SSSR count). The number of hydrogen-bond donors (Lipinski definition) is 1. The zero-order chi connectivity index (χ0) is 22.1. The zero-order valence-electron chi connectivity index (χ0n) is 18.1. The molecular formula is C25H25NO5. The van der Waals surface area contributed by atoms with Gasteiger partial charge in [-0.1, -0.05) is 30.3 Å². The first-order valence-electron chi connectivity index (χ1n) is 10.4. The normalized spacial score (nSPS) is 17.2. The number of nitrogens with one attached hydrogen (secondary N) is 1. The first kappa shape index (κ1) is 20.7. The van der Waals surface area contributed by atoms with Crippen LogP contribution in [0.1, 0.15) is 48.2 Å². The van der Waals surface area contributed by atoms with Gasteiger partial charge in [-0.25, -0.2) is 4.79 Å². The van der Waals surface area contributed by atoms with E-state index in [4.69, 9.17) is 14.2 Å². The third-order valence-electron chi connectivity index (χ3n) is 5.57. The van der Waals surface area contributed by atoms with Crippen molar-refractivity contribution in [3.63, 3.8) is 0 Å². The summed E-state index contributed by atoms with van der Waals surface area (Å²) in [5, 5.41) is 3.30. The van der Waals surface area contributed by atoms with E-state index in [1.165, 1.54) is 0 Å². The molecule has 0 amide bonds. The monoisotopic (exact) mass is 419 g/mol. The summed E-state index contributed by atoms with van der Waals surface area (Å²) >= 11 is 0. The second-order valence-corrected chi connectivity index (χ2v) is 7.32. The molecule has 6 heteroatoms. The number of methoxy groups -OCH3 is 1. The number of rotatable bonds is 6. The van der Waals surface area contributed by atoms with Crippen molar-refractivity contribution in [2.45, 2.75) is 26.7 Å². The van der Waals surface area contributed by atoms with Gasteiger partial charge in [-0.3, -0.25) is 4.79 Å². The highest BCUT2D eigenvalue weighted by Gasteiger charge is 2.43. The van der Waals surface area contributed by atoms with Crippen LogP contribution in [0.25, 0.3) is 5.70 Å². The molecule has 0 radical (unpaired) electrons. The van der Waals surface area contributed by atoms with Crippen molar-refractivity contribution in [2.24, 2.45) is 0 Å². The molecule has 0 fully saturated rings. The number of ketones is 1. The van der Waals surface area contributed by atoms with Gasteiger partial charge < -0.3 is 19.5 Å². The van der Waals surface area contributed by atoms with E-state index in [-0.39, 0.29) is 12.4 Å². The van der Waals surface area contributed by atoms with Crippen molar-refractivity contribution in [3.05, 3.63) is 76.0 Å². The summed E-state index contributed by atoms with van der Waals surface area (Å²) in [6.45, 7) is 6.24. The predicted molar refractivity (Wildman–Crippen MR) is 117 cm³/mol. The van der Waals surface area contributed by atoms with Gasteiger partial charge in [0.05, 0.1) is 31.6 Å². The molecule has 1 aliphatic carbocycles. The SMILES string of the molecule is CCOC(=O)C1=C(C)NC2=C(C(=O)c3ccccc32)[C@H]1c1ccc(OCC)c(OC)c1. The molecular weight excluding hydrogens is 394 g/mol. The summed E-state index contributed by atoms with van der Waals surface area (Å²) in [5.41, 5.74) is 4.60. The molecule has 0 aromatic heterocycles. The Morgan fingerprint density at radius 3 is 2.45 bits per heavy atom. The standard InChI is InChI=1S/C25H25NO5/c1-5-30-18-12-11-15(13-19(18)29-4)21-20(25(28)31-6-2)14(3)26-23-16-9-7-8-10-17(16)24(27)22(21)23/h7-13,21,26H,5-6H2,1-4H3/t21-/m0/s1.